The van der Waals surface area contributed by atoms with Crippen LogP contribution in [0.25, 0.3) is 5.78 Å². The van der Waals surface area contributed by atoms with E-state index in [1.807, 2.05) is 0 Å². The molecule has 3 aromatic rings. The Bertz CT molecular complexity index is 1030. The van der Waals surface area contributed by atoms with Crippen LogP contribution in [0, 0.1) is 6.92 Å². The highest BCUT2D eigenvalue weighted by molar-refractivity contribution is 7.54. The van der Waals surface area contributed by atoms with Crippen LogP contribution in [0.5, 0.6) is 5.75 Å². The number of nitrogen functional groups attached to an aromatic ring is 1. The van der Waals surface area contributed by atoms with E-state index in [2.05, 4.69) is 24.2 Å². The van der Waals surface area contributed by atoms with Crippen molar-refractivity contribution in [2.45, 2.75) is 19.7 Å². The largest absolute Gasteiger partial charge is 0.573 e. The van der Waals surface area contributed by atoms with Crippen LogP contribution < -0.4 is 10.5 Å². The SMILES string of the molecule is Cc1nc2ncnn2c(N)c1Cc1ccc(OC(F)(F)F)c(N=S=O)c1. The van der Waals surface area contributed by atoms with Gasteiger partial charge in [0.25, 0.3) is 5.78 Å². The van der Waals surface area contributed by atoms with Gasteiger partial charge in [0.05, 0.1) is 0 Å². The molecule has 0 spiro atoms. The second-order valence-electron chi connectivity index (χ2n) is 5.23. The maximum Gasteiger partial charge on any atom is 0.573 e. The molecule has 0 saturated heterocycles. The summed E-state index contributed by atoms with van der Waals surface area (Å²) >= 11 is -0.213. The number of halogens is 3. The lowest BCUT2D eigenvalue weighted by molar-refractivity contribution is -0.274. The molecule has 0 atom stereocenters. The molecular weight excluding hydrogens is 373 g/mol. The van der Waals surface area contributed by atoms with Gasteiger partial charge in [0.15, 0.2) is 5.75 Å². The summed E-state index contributed by atoms with van der Waals surface area (Å²) in [7, 11) is 0. The van der Waals surface area contributed by atoms with Crippen LogP contribution in [0.4, 0.5) is 24.7 Å². The van der Waals surface area contributed by atoms with Crippen molar-refractivity contribution in [2.75, 3.05) is 5.73 Å². The average molecular weight is 384 g/mol. The summed E-state index contributed by atoms with van der Waals surface area (Å²) in [4.78, 5) is 8.23. The normalized spacial score (nSPS) is 11.5. The number of hydrogen-bond donors (Lipinski definition) is 1. The number of anilines is 1. The first-order chi connectivity index (χ1) is 12.3. The van der Waals surface area contributed by atoms with Crippen molar-refractivity contribution in [1.82, 2.24) is 19.6 Å². The summed E-state index contributed by atoms with van der Waals surface area (Å²) < 4.78 is 56.7. The molecule has 2 heterocycles. The second kappa shape index (κ2) is 6.71. The summed E-state index contributed by atoms with van der Waals surface area (Å²) in [6, 6.07) is 3.86. The Labute approximate surface area is 148 Å². The van der Waals surface area contributed by atoms with Crippen molar-refractivity contribution in [3.05, 3.63) is 41.3 Å². The first kappa shape index (κ1) is 17.8. The molecule has 0 saturated carbocycles. The van der Waals surface area contributed by atoms with Gasteiger partial charge in [-0.25, -0.2) is 4.98 Å². The summed E-state index contributed by atoms with van der Waals surface area (Å²) in [5.74, 6) is 0.104. The van der Waals surface area contributed by atoms with Crippen LogP contribution in [0.3, 0.4) is 0 Å². The Hall–Kier alpha value is -3.02. The van der Waals surface area contributed by atoms with Crippen LogP contribution in [0.2, 0.25) is 0 Å². The van der Waals surface area contributed by atoms with Crippen LogP contribution in [-0.2, 0) is 17.9 Å². The second-order valence-corrected chi connectivity index (χ2v) is 5.56. The van der Waals surface area contributed by atoms with Crippen molar-refractivity contribution in [3.63, 3.8) is 0 Å². The molecule has 0 aliphatic carbocycles. The zero-order chi connectivity index (χ0) is 18.9. The van der Waals surface area contributed by atoms with E-state index in [0.29, 0.717) is 28.4 Å². The standard InChI is InChI=1S/C14H11F3N6O2S/c1-7-9(12(18)23-13(21-7)19-6-20-23)4-8-2-3-11(25-14(15,16)17)10(5-8)22-26-24/h2-3,5-6H,4,18H2,1H3. The maximum absolute atomic E-state index is 12.4. The predicted octanol–water partition coefficient (Wildman–Crippen LogP) is 2.53. The zero-order valence-electron chi connectivity index (χ0n) is 13.2. The van der Waals surface area contributed by atoms with E-state index >= 15 is 0 Å². The van der Waals surface area contributed by atoms with Gasteiger partial charge in [-0.3, -0.25) is 0 Å². The van der Waals surface area contributed by atoms with E-state index in [-0.39, 0.29) is 23.6 Å². The number of ether oxygens (including phenoxy) is 1. The fourth-order valence-corrected chi connectivity index (χ4v) is 2.65. The molecule has 8 nitrogen and oxygen atoms in total. The molecule has 12 heteroatoms. The molecule has 26 heavy (non-hydrogen) atoms. The van der Waals surface area contributed by atoms with E-state index in [9.17, 15) is 17.4 Å². The van der Waals surface area contributed by atoms with Gasteiger partial charge in [0, 0.05) is 17.7 Å². The molecule has 0 radical (unpaired) electrons. The Kier molecular flexibility index (Phi) is 4.59. The maximum atomic E-state index is 12.4. The van der Waals surface area contributed by atoms with Gasteiger partial charge in [-0.1, -0.05) is 6.07 Å². The monoisotopic (exact) mass is 384 g/mol. The molecule has 0 aliphatic heterocycles. The van der Waals surface area contributed by atoms with E-state index in [1.165, 1.54) is 23.0 Å². The van der Waals surface area contributed by atoms with Gasteiger partial charge in [-0.05, 0) is 24.6 Å². The zero-order valence-corrected chi connectivity index (χ0v) is 14.0. The van der Waals surface area contributed by atoms with Crippen molar-refractivity contribution < 1.29 is 22.1 Å². The molecule has 2 aromatic heterocycles. The van der Waals surface area contributed by atoms with E-state index < -0.39 is 12.1 Å². The molecule has 1 aromatic carbocycles. The van der Waals surface area contributed by atoms with E-state index in [4.69, 9.17) is 5.73 Å². The highest BCUT2D eigenvalue weighted by Gasteiger charge is 2.32. The third kappa shape index (κ3) is 3.64. The number of alkyl halides is 3. The van der Waals surface area contributed by atoms with Gasteiger partial charge >= 0.3 is 6.36 Å². The third-order valence-corrected chi connectivity index (χ3v) is 3.81. The van der Waals surface area contributed by atoms with Gasteiger partial charge in [0.2, 0.25) is 11.5 Å². The molecule has 0 unspecified atom stereocenters. The lowest BCUT2D eigenvalue weighted by Crippen LogP contribution is -2.17. The molecule has 2 N–H and O–H groups in total. The van der Waals surface area contributed by atoms with E-state index in [1.54, 1.807) is 6.92 Å². The summed E-state index contributed by atoms with van der Waals surface area (Å²) in [6.07, 6.45) is -3.32. The number of fused-ring (bicyclic) bond motifs is 1. The van der Waals surface area contributed by atoms with Gasteiger partial charge in [-0.15, -0.1) is 13.2 Å². The number of hydrogen-bond acceptors (Lipinski definition) is 7. The molecule has 0 fully saturated rings. The summed E-state index contributed by atoms with van der Waals surface area (Å²) in [6.45, 7) is 1.74. The molecule has 136 valence electrons. The van der Waals surface area contributed by atoms with Crippen LogP contribution in [0.1, 0.15) is 16.8 Å². The highest BCUT2D eigenvalue weighted by Crippen LogP contribution is 2.34. The quantitative estimate of drug-likeness (QED) is 0.741. The number of nitrogens with two attached hydrogens (primary N) is 1. The molecule has 0 bridgehead atoms. The molecular formula is C14H11F3N6O2S. The number of rotatable bonds is 4. The van der Waals surface area contributed by atoms with Crippen molar-refractivity contribution in [1.29, 1.82) is 0 Å². The number of benzene rings is 1. The van der Waals surface area contributed by atoms with Crippen LogP contribution in [-0.4, -0.2) is 30.2 Å². The van der Waals surface area contributed by atoms with E-state index in [0.717, 1.165) is 6.07 Å². The summed E-state index contributed by atoms with van der Waals surface area (Å²) in [5, 5.41) is 3.97. The minimum absolute atomic E-state index is 0.213. The highest BCUT2D eigenvalue weighted by atomic mass is 32.1. The van der Waals surface area contributed by atoms with Crippen molar-refractivity contribution in [3.8, 4) is 5.75 Å². The molecule has 3 rings (SSSR count). The molecule has 0 aliphatic rings. The first-order valence-corrected chi connectivity index (χ1v) is 7.81. The Balaban J connectivity index is 2.00. The fraction of sp³-hybridized carbons (Fsp3) is 0.214. The lowest BCUT2D eigenvalue weighted by Gasteiger charge is -2.13. The van der Waals surface area contributed by atoms with Gasteiger partial charge in [-0.2, -0.15) is 23.2 Å². The molecule has 0 amide bonds. The number of nitrogens with zero attached hydrogens (tertiary/aromatic N) is 5. The minimum Gasteiger partial charge on any atom is -0.403 e. The summed E-state index contributed by atoms with van der Waals surface area (Å²) in [5.41, 5.74) is 7.69. The first-order valence-electron chi connectivity index (χ1n) is 7.12. The Morgan fingerprint density at radius 1 is 1.38 bits per heavy atom. The Morgan fingerprint density at radius 3 is 2.85 bits per heavy atom. The fourth-order valence-electron chi connectivity index (χ4n) is 2.43. The minimum atomic E-state index is -4.89. The van der Waals surface area contributed by atoms with Crippen LogP contribution >= 0.6 is 0 Å². The number of aromatic nitrogens is 4. The van der Waals surface area contributed by atoms with Gasteiger partial charge < -0.3 is 10.5 Å². The van der Waals surface area contributed by atoms with Crippen molar-refractivity contribution in [2.24, 2.45) is 4.36 Å². The lowest BCUT2D eigenvalue weighted by atomic mass is 10.0. The number of aryl methyl sites for hydroxylation is 1. The van der Waals surface area contributed by atoms with Crippen molar-refractivity contribution >= 4 is 28.7 Å². The Morgan fingerprint density at radius 2 is 2.15 bits per heavy atom. The van der Waals surface area contributed by atoms with Gasteiger partial charge in [0.1, 0.15) is 17.8 Å². The van der Waals surface area contributed by atoms with Crippen LogP contribution in [0.15, 0.2) is 28.9 Å². The smallest absolute Gasteiger partial charge is 0.403 e. The third-order valence-electron chi connectivity index (χ3n) is 3.54. The predicted molar refractivity (Wildman–Crippen MR) is 86.1 cm³/mol. The topological polar surface area (TPSA) is 108 Å². The average Bonchev–Trinajstić information content (AvgIpc) is 3.01.